The zero-order valence-electron chi connectivity index (χ0n) is 17.1. The van der Waals surface area contributed by atoms with Gasteiger partial charge in [0.25, 0.3) is 5.91 Å². The topological polar surface area (TPSA) is 92.6 Å². The highest BCUT2D eigenvalue weighted by atomic mass is 16.5. The number of furan rings is 1. The van der Waals surface area contributed by atoms with Gasteiger partial charge in [0.05, 0.1) is 0 Å². The molecule has 160 valence electrons. The Morgan fingerprint density at radius 3 is 2.06 bits per heavy atom. The molecule has 0 unspecified atom stereocenters. The van der Waals surface area contributed by atoms with E-state index in [1.165, 1.54) is 0 Å². The van der Waals surface area contributed by atoms with E-state index in [1.54, 1.807) is 48.5 Å². The molecule has 1 aromatic heterocycles. The summed E-state index contributed by atoms with van der Waals surface area (Å²) in [5.74, 6) is 1.02. The average Bonchev–Trinajstić information content (AvgIpc) is 3.29. The van der Waals surface area contributed by atoms with E-state index >= 15 is 0 Å². The van der Waals surface area contributed by atoms with Gasteiger partial charge in [-0.15, -0.1) is 0 Å². The first-order valence-electron chi connectivity index (χ1n) is 9.97. The van der Waals surface area contributed by atoms with Crippen LogP contribution in [0.1, 0.15) is 16.3 Å². The first-order valence-corrected chi connectivity index (χ1v) is 9.97. The van der Waals surface area contributed by atoms with Gasteiger partial charge in [0.1, 0.15) is 18.1 Å². The molecule has 0 aliphatic carbocycles. The van der Waals surface area contributed by atoms with Crippen LogP contribution in [0.3, 0.4) is 0 Å². The van der Waals surface area contributed by atoms with E-state index in [0.29, 0.717) is 22.8 Å². The number of hydrogen-bond acceptors (Lipinski definition) is 4. The number of nitrogens with one attached hydrogen (secondary N) is 3. The summed E-state index contributed by atoms with van der Waals surface area (Å²) in [5.41, 5.74) is 1.73. The minimum absolute atomic E-state index is 0.164. The van der Waals surface area contributed by atoms with Gasteiger partial charge >= 0.3 is 6.03 Å². The van der Waals surface area contributed by atoms with Crippen molar-refractivity contribution in [3.8, 4) is 5.75 Å². The molecule has 32 heavy (non-hydrogen) atoms. The van der Waals surface area contributed by atoms with E-state index in [4.69, 9.17) is 9.15 Å². The second kappa shape index (κ2) is 9.99. The molecular weight excluding hydrogens is 406 g/mol. The van der Waals surface area contributed by atoms with Crippen LogP contribution >= 0.6 is 0 Å². The fourth-order valence-electron chi connectivity index (χ4n) is 2.93. The third kappa shape index (κ3) is 5.76. The lowest BCUT2D eigenvalue weighted by Crippen LogP contribution is -2.19. The van der Waals surface area contributed by atoms with Crippen LogP contribution in [0.25, 0.3) is 0 Å². The number of carbonyl (C=O) groups excluding carboxylic acids is 2. The number of carbonyl (C=O) groups is 2. The molecule has 0 bridgehead atoms. The Labute approximate surface area is 185 Å². The second-order valence-corrected chi connectivity index (χ2v) is 6.85. The predicted molar refractivity (Wildman–Crippen MR) is 123 cm³/mol. The highest BCUT2D eigenvalue weighted by Gasteiger charge is 2.12. The summed E-state index contributed by atoms with van der Waals surface area (Å²) >= 11 is 0. The van der Waals surface area contributed by atoms with E-state index in [9.17, 15) is 9.59 Å². The Hall–Kier alpha value is -4.52. The lowest BCUT2D eigenvalue weighted by Gasteiger charge is -2.09. The molecule has 4 aromatic rings. The fourth-order valence-corrected chi connectivity index (χ4v) is 2.93. The summed E-state index contributed by atoms with van der Waals surface area (Å²) in [5, 5.41) is 8.24. The lowest BCUT2D eigenvalue weighted by atomic mass is 10.2. The van der Waals surface area contributed by atoms with Crippen molar-refractivity contribution >= 4 is 29.0 Å². The molecule has 0 atom stereocenters. The van der Waals surface area contributed by atoms with E-state index < -0.39 is 5.91 Å². The number of hydrogen-bond donors (Lipinski definition) is 3. The Morgan fingerprint density at radius 2 is 1.31 bits per heavy atom. The molecule has 3 amide bonds. The maximum Gasteiger partial charge on any atom is 0.323 e. The van der Waals surface area contributed by atoms with Crippen LogP contribution in [0.4, 0.5) is 21.9 Å². The minimum Gasteiger partial charge on any atom is -0.486 e. The number of amides is 3. The van der Waals surface area contributed by atoms with Crippen molar-refractivity contribution < 1.29 is 18.7 Å². The van der Waals surface area contributed by atoms with Crippen molar-refractivity contribution in [3.63, 3.8) is 0 Å². The molecule has 0 radical (unpaired) electrons. The molecule has 0 fully saturated rings. The van der Waals surface area contributed by atoms with Crippen LogP contribution in [-0.4, -0.2) is 11.9 Å². The van der Waals surface area contributed by atoms with Crippen molar-refractivity contribution in [1.29, 1.82) is 0 Å². The van der Waals surface area contributed by atoms with Crippen molar-refractivity contribution in [2.75, 3.05) is 16.0 Å². The third-order valence-corrected chi connectivity index (χ3v) is 4.42. The molecule has 4 rings (SSSR count). The summed E-state index contributed by atoms with van der Waals surface area (Å²) in [6.07, 6.45) is 0. The Kier molecular flexibility index (Phi) is 6.48. The standard InChI is InChI=1S/C25H21N3O4/c29-24(23-15-14-22(32-23)17-31-21-12-5-2-6-13-21)26-19-10-7-11-20(16-19)28-25(30)27-18-8-3-1-4-9-18/h1-16H,17H2,(H,26,29)(H2,27,28,30). The molecule has 0 aliphatic rings. The lowest BCUT2D eigenvalue weighted by molar-refractivity contribution is 0.0992. The summed E-state index contributed by atoms with van der Waals surface area (Å²) in [6.45, 7) is 0.216. The van der Waals surface area contributed by atoms with Crippen molar-refractivity contribution in [2.45, 2.75) is 6.61 Å². The molecule has 0 aliphatic heterocycles. The smallest absolute Gasteiger partial charge is 0.323 e. The van der Waals surface area contributed by atoms with Crippen LogP contribution in [-0.2, 0) is 6.61 Å². The highest BCUT2D eigenvalue weighted by Crippen LogP contribution is 2.18. The number of urea groups is 1. The molecule has 7 nitrogen and oxygen atoms in total. The molecule has 1 heterocycles. The summed E-state index contributed by atoms with van der Waals surface area (Å²) < 4.78 is 11.2. The third-order valence-electron chi connectivity index (χ3n) is 4.42. The zero-order chi connectivity index (χ0) is 22.2. The molecule has 7 heteroatoms. The number of benzene rings is 3. The van der Waals surface area contributed by atoms with Gasteiger partial charge in [0.2, 0.25) is 0 Å². The van der Waals surface area contributed by atoms with Gasteiger partial charge in [0, 0.05) is 17.1 Å². The van der Waals surface area contributed by atoms with Crippen LogP contribution in [0, 0.1) is 0 Å². The summed E-state index contributed by atoms with van der Waals surface area (Å²) in [6, 6.07) is 28.2. The molecule has 0 saturated heterocycles. The first kappa shape index (κ1) is 20.7. The Morgan fingerprint density at radius 1 is 0.688 bits per heavy atom. The Bertz CT molecular complexity index is 1190. The van der Waals surface area contributed by atoms with E-state index in [0.717, 1.165) is 5.75 Å². The van der Waals surface area contributed by atoms with Gasteiger partial charge in [-0.05, 0) is 54.6 Å². The number of para-hydroxylation sites is 2. The number of rotatable bonds is 7. The average molecular weight is 427 g/mol. The van der Waals surface area contributed by atoms with Gasteiger partial charge in [-0.1, -0.05) is 42.5 Å². The first-order chi connectivity index (χ1) is 15.7. The van der Waals surface area contributed by atoms with Crippen LogP contribution in [0.5, 0.6) is 5.75 Å². The highest BCUT2D eigenvalue weighted by molar-refractivity contribution is 6.03. The summed E-state index contributed by atoms with van der Waals surface area (Å²) in [7, 11) is 0. The van der Waals surface area contributed by atoms with E-state index in [2.05, 4.69) is 16.0 Å². The second-order valence-electron chi connectivity index (χ2n) is 6.85. The van der Waals surface area contributed by atoms with Gasteiger partial charge in [-0.3, -0.25) is 4.79 Å². The minimum atomic E-state index is -0.401. The largest absolute Gasteiger partial charge is 0.486 e. The quantitative estimate of drug-likeness (QED) is 0.350. The number of anilines is 3. The van der Waals surface area contributed by atoms with Crippen molar-refractivity contribution in [1.82, 2.24) is 0 Å². The van der Waals surface area contributed by atoms with Crippen LogP contribution in [0.2, 0.25) is 0 Å². The molecular formula is C25H21N3O4. The molecule has 3 aromatic carbocycles. The maximum atomic E-state index is 12.5. The molecule has 0 saturated carbocycles. The SMILES string of the molecule is O=C(Nc1ccccc1)Nc1cccc(NC(=O)c2ccc(COc3ccccc3)o2)c1. The Balaban J connectivity index is 1.32. The predicted octanol–water partition coefficient (Wildman–Crippen LogP) is 5.75. The molecule has 3 N–H and O–H groups in total. The van der Waals surface area contributed by atoms with Gasteiger partial charge in [-0.25, -0.2) is 4.79 Å². The van der Waals surface area contributed by atoms with E-state index in [1.807, 2.05) is 48.5 Å². The fraction of sp³-hybridized carbons (Fsp3) is 0.0400. The van der Waals surface area contributed by atoms with Crippen LogP contribution < -0.4 is 20.7 Å². The van der Waals surface area contributed by atoms with Gasteiger partial charge < -0.3 is 25.1 Å². The molecule has 0 spiro atoms. The van der Waals surface area contributed by atoms with Gasteiger partial charge in [-0.2, -0.15) is 0 Å². The summed E-state index contributed by atoms with van der Waals surface area (Å²) in [4.78, 5) is 24.7. The zero-order valence-corrected chi connectivity index (χ0v) is 17.1. The van der Waals surface area contributed by atoms with Crippen LogP contribution in [0.15, 0.2) is 101 Å². The van der Waals surface area contributed by atoms with Crippen molar-refractivity contribution in [3.05, 3.63) is 109 Å². The van der Waals surface area contributed by atoms with E-state index in [-0.39, 0.29) is 18.4 Å². The normalized spacial score (nSPS) is 10.2. The van der Waals surface area contributed by atoms with Gasteiger partial charge in [0.15, 0.2) is 5.76 Å². The number of ether oxygens (including phenoxy) is 1. The monoisotopic (exact) mass is 427 g/mol. The van der Waals surface area contributed by atoms with Crippen molar-refractivity contribution in [2.24, 2.45) is 0 Å². The maximum absolute atomic E-state index is 12.5.